The molecule has 0 N–H and O–H groups in total. The molecule has 3 aromatic rings. The molecule has 3 aromatic carbocycles. The molecule has 0 saturated carbocycles. The van der Waals surface area contributed by atoms with Gasteiger partial charge in [-0.1, -0.05) is 54.6 Å². The number of rotatable bonds is 0. The predicted octanol–water partition coefficient (Wildman–Crippen LogP) is 4.29. The first kappa shape index (κ1) is 10.4. The fourth-order valence-corrected chi connectivity index (χ4v) is 3.50. The van der Waals surface area contributed by atoms with Gasteiger partial charge >= 0.3 is 0 Å². The van der Waals surface area contributed by atoms with E-state index in [4.69, 9.17) is 7.48 Å². The van der Waals surface area contributed by atoms with Crippen LogP contribution in [0, 0.1) is 0 Å². The largest absolute Gasteiger partial charge is 0.471 e. The Kier molecular flexibility index (Phi) is 2.17. The number of benzene rings is 3. The molecule has 0 amide bonds. The lowest BCUT2D eigenvalue weighted by Gasteiger charge is -2.41. The van der Waals surface area contributed by atoms with Gasteiger partial charge < -0.3 is 4.74 Å². The van der Waals surface area contributed by atoms with E-state index in [0.29, 0.717) is 17.9 Å². The second kappa shape index (κ2) is 4.59. The molecule has 0 saturated heterocycles. The fourth-order valence-electron chi connectivity index (χ4n) is 3.50. The predicted molar refractivity (Wildman–Crippen MR) is 87.9 cm³/mol. The molecule has 0 bridgehead atoms. The van der Waals surface area contributed by atoms with Gasteiger partial charge in [0.2, 0.25) is 0 Å². The van der Waals surface area contributed by atoms with Crippen molar-refractivity contribution in [3.63, 3.8) is 0 Å². The molecule has 2 aliphatic rings. The third kappa shape index (κ3) is 1.71. The van der Waals surface area contributed by atoms with Crippen molar-refractivity contribution in [3.8, 4) is 5.75 Å². The summed E-state index contributed by atoms with van der Waals surface area (Å²) in [7, 11) is 0. The maximum absolute atomic E-state index is 8.87. The van der Waals surface area contributed by atoms with Gasteiger partial charge in [0.25, 0.3) is 0 Å². The van der Waals surface area contributed by atoms with Crippen molar-refractivity contribution in [1.82, 2.24) is 4.90 Å². The van der Waals surface area contributed by atoms with Gasteiger partial charge in [-0.05, 0) is 28.8 Å². The molecule has 0 spiro atoms. The summed E-state index contributed by atoms with van der Waals surface area (Å²) in [6.07, 6.45) is 0.481. The van der Waals surface area contributed by atoms with Crippen LogP contribution >= 0.6 is 0 Å². The van der Waals surface area contributed by atoms with E-state index in [1.165, 1.54) is 5.56 Å². The van der Waals surface area contributed by atoms with Crippen LogP contribution in [-0.2, 0) is 12.9 Å². The van der Waals surface area contributed by atoms with E-state index in [9.17, 15) is 0 Å². The van der Waals surface area contributed by atoms with Crippen molar-refractivity contribution in [2.75, 3.05) is 6.54 Å². The summed E-state index contributed by atoms with van der Waals surface area (Å²) in [5.74, 6) is 0.650. The number of hydrogen-bond acceptors (Lipinski definition) is 2. The van der Waals surface area contributed by atoms with E-state index < -0.39 is 6.50 Å². The second-order valence-electron chi connectivity index (χ2n) is 5.88. The zero-order valence-electron chi connectivity index (χ0n) is 14.1. The zero-order chi connectivity index (χ0) is 16.3. The number of ether oxygens (including phenoxy) is 1. The Morgan fingerprint density at radius 3 is 2.86 bits per heavy atom. The Balaban J connectivity index is 1.75. The van der Waals surface area contributed by atoms with Crippen LogP contribution < -0.4 is 4.74 Å². The molecule has 1 atom stereocenters. The lowest BCUT2D eigenvalue weighted by Crippen LogP contribution is -2.40. The molecular weight excluding hydrogens is 270 g/mol. The van der Waals surface area contributed by atoms with Gasteiger partial charge in [-0.15, -0.1) is 0 Å². The highest BCUT2D eigenvalue weighted by molar-refractivity contribution is 5.87. The molecular formula is C20H17NO. The standard InChI is InChI=1S/C20H17NO/c1-3-7-16-14(5-1)9-10-19-18(16)13-21-12-11-15-6-2-4-8-17(15)20(21)22-19/h1-10,20H,11-13H2/i13D2. The van der Waals surface area contributed by atoms with Gasteiger partial charge in [0, 0.05) is 26.9 Å². The first-order valence-electron chi connectivity index (χ1n) is 8.70. The smallest absolute Gasteiger partial charge is 0.179 e. The molecule has 2 nitrogen and oxygen atoms in total. The van der Waals surface area contributed by atoms with Crippen LogP contribution in [0.15, 0.2) is 60.7 Å². The van der Waals surface area contributed by atoms with Gasteiger partial charge in [-0.25, -0.2) is 0 Å². The summed E-state index contributed by atoms with van der Waals surface area (Å²) in [5.41, 5.74) is 2.97. The quantitative estimate of drug-likeness (QED) is 0.612. The molecule has 5 rings (SSSR count). The van der Waals surface area contributed by atoms with Crippen LogP contribution in [0.1, 0.15) is 25.7 Å². The van der Waals surface area contributed by atoms with E-state index in [1.807, 2.05) is 59.5 Å². The third-order valence-corrected chi connectivity index (χ3v) is 4.61. The van der Waals surface area contributed by atoms with Crippen molar-refractivity contribution in [2.45, 2.75) is 19.1 Å². The van der Waals surface area contributed by atoms with Crippen LogP contribution in [0.3, 0.4) is 0 Å². The molecule has 0 aliphatic carbocycles. The minimum absolute atomic E-state index is 0.362. The molecule has 2 heterocycles. The average Bonchev–Trinajstić information content (AvgIpc) is 2.61. The van der Waals surface area contributed by atoms with Gasteiger partial charge in [0.15, 0.2) is 6.23 Å². The molecule has 108 valence electrons. The third-order valence-electron chi connectivity index (χ3n) is 4.61. The molecule has 0 fully saturated rings. The minimum atomic E-state index is -1.56. The highest BCUT2D eigenvalue weighted by Gasteiger charge is 2.33. The SMILES string of the molecule is [2H]C1([2H])c2c(ccc3ccccc23)OC2c3ccccc3CCN21. The summed E-state index contributed by atoms with van der Waals surface area (Å²) in [5, 5.41) is 1.97. The molecule has 0 aromatic heterocycles. The highest BCUT2D eigenvalue weighted by Crippen LogP contribution is 2.41. The van der Waals surface area contributed by atoms with Gasteiger partial charge in [0.05, 0.1) is 0 Å². The van der Waals surface area contributed by atoms with Crippen LogP contribution in [-0.4, -0.2) is 11.4 Å². The zero-order valence-corrected chi connectivity index (χ0v) is 12.1. The van der Waals surface area contributed by atoms with Crippen LogP contribution in [0.5, 0.6) is 5.75 Å². The number of hydrogen-bond donors (Lipinski definition) is 0. The molecule has 2 aliphatic heterocycles. The van der Waals surface area contributed by atoms with E-state index in [-0.39, 0.29) is 6.23 Å². The van der Waals surface area contributed by atoms with Crippen molar-refractivity contribution in [3.05, 3.63) is 77.4 Å². The average molecular weight is 289 g/mol. The van der Waals surface area contributed by atoms with Gasteiger partial charge in [0.1, 0.15) is 5.75 Å². The lowest BCUT2D eigenvalue weighted by atomic mass is 9.95. The summed E-state index contributed by atoms with van der Waals surface area (Å²) in [4.78, 5) is 1.85. The Hall–Kier alpha value is -2.32. The monoisotopic (exact) mass is 289 g/mol. The first-order chi connectivity index (χ1) is 11.7. The second-order valence-corrected chi connectivity index (χ2v) is 5.88. The van der Waals surface area contributed by atoms with Crippen molar-refractivity contribution in [1.29, 1.82) is 0 Å². The summed E-state index contributed by atoms with van der Waals surface area (Å²) >= 11 is 0. The van der Waals surface area contributed by atoms with Crippen LogP contribution in [0.25, 0.3) is 10.8 Å². The molecule has 0 radical (unpaired) electrons. The topological polar surface area (TPSA) is 12.5 Å². The maximum atomic E-state index is 8.87. The Morgan fingerprint density at radius 2 is 1.86 bits per heavy atom. The van der Waals surface area contributed by atoms with E-state index in [0.717, 1.165) is 22.8 Å². The summed E-state index contributed by atoms with van der Waals surface area (Å²) in [6, 6.07) is 20.0. The summed E-state index contributed by atoms with van der Waals surface area (Å²) in [6.45, 7) is -0.913. The Bertz CT molecular complexity index is 953. The van der Waals surface area contributed by atoms with Crippen molar-refractivity contribution in [2.24, 2.45) is 0 Å². The first-order valence-corrected chi connectivity index (χ1v) is 7.70. The summed E-state index contributed by atoms with van der Waals surface area (Å²) < 4.78 is 24.0. The Labute approximate surface area is 132 Å². The minimum Gasteiger partial charge on any atom is -0.471 e. The van der Waals surface area contributed by atoms with E-state index in [1.54, 1.807) is 0 Å². The maximum Gasteiger partial charge on any atom is 0.179 e. The van der Waals surface area contributed by atoms with E-state index >= 15 is 0 Å². The Morgan fingerprint density at radius 1 is 1.00 bits per heavy atom. The number of nitrogens with zero attached hydrogens (tertiary/aromatic N) is 1. The fraction of sp³-hybridized carbons (Fsp3) is 0.200. The molecule has 2 heteroatoms. The lowest BCUT2D eigenvalue weighted by molar-refractivity contribution is -0.00953. The molecule has 1 unspecified atom stereocenters. The highest BCUT2D eigenvalue weighted by atomic mass is 16.5. The normalized spacial score (nSPS) is 23.5. The molecule has 22 heavy (non-hydrogen) atoms. The van der Waals surface area contributed by atoms with Crippen LogP contribution in [0.4, 0.5) is 0 Å². The van der Waals surface area contributed by atoms with Gasteiger partial charge in [-0.2, -0.15) is 0 Å². The van der Waals surface area contributed by atoms with Crippen molar-refractivity contribution < 1.29 is 7.48 Å². The van der Waals surface area contributed by atoms with Crippen LogP contribution in [0.2, 0.25) is 0 Å². The van der Waals surface area contributed by atoms with E-state index in [2.05, 4.69) is 6.07 Å². The van der Waals surface area contributed by atoms with Gasteiger partial charge in [-0.3, -0.25) is 4.90 Å². The van der Waals surface area contributed by atoms with Crippen molar-refractivity contribution >= 4 is 10.8 Å². The number of fused-ring (bicyclic) bond motifs is 6.